The number of aromatic nitrogens is 1. The van der Waals surface area contributed by atoms with Crippen LogP contribution in [0.5, 0.6) is 0 Å². The number of rotatable bonds is 4. The van der Waals surface area contributed by atoms with Crippen LogP contribution in [0, 0.1) is 11.8 Å². The van der Waals surface area contributed by atoms with Gasteiger partial charge in [0, 0.05) is 6.42 Å². The Bertz CT molecular complexity index is 500. The molecule has 0 aliphatic heterocycles. The van der Waals surface area contributed by atoms with E-state index in [-0.39, 0.29) is 11.8 Å². The summed E-state index contributed by atoms with van der Waals surface area (Å²) in [5.41, 5.74) is 0.959. The van der Waals surface area contributed by atoms with Crippen LogP contribution in [0.1, 0.15) is 18.9 Å². The summed E-state index contributed by atoms with van der Waals surface area (Å²) in [5.74, 6) is -0.964. The summed E-state index contributed by atoms with van der Waals surface area (Å²) in [5, 5.41) is 10.1. The minimum Gasteiger partial charge on any atom is -0.481 e. The molecular formula is C13H15NO2S. The molecule has 4 heteroatoms. The van der Waals surface area contributed by atoms with Gasteiger partial charge in [0.05, 0.1) is 21.1 Å². The van der Waals surface area contributed by atoms with E-state index in [1.807, 2.05) is 38.1 Å². The van der Waals surface area contributed by atoms with Crippen LogP contribution in [0.4, 0.5) is 0 Å². The Morgan fingerprint density at radius 2 is 2.12 bits per heavy atom. The van der Waals surface area contributed by atoms with Crippen molar-refractivity contribution in [3.05, 3.63) is 29.3 Å². The highest BCUT2D eigenvalue weighted by molar-refractivity contribution is 7.18. The molecule has 0 aliphatic rings. The Kier molecular flexibility index (Phi) is 3.43. The van der Waals surface area contributed by atoms with Crippen LogP contribution >= 0.6 is 11.3 Å². The van der Waals surface area contributed by atoms with Gasteiger partial charge in [-0.05, 0) is 18.1 Å². The van der Waals surface area contributed by atoms with Gasteiger partial charge in [-0.2, -0.15) is 0 Å². The number of hydrogen-bond acceptors (Lipinski definition) is 3. The quantitative estimate of drug-likeness (QED) is 0.905. The van der Waals surface area contributed by atoms with Crippen molar-refractivity contribution in [3.63, 3.8) is 0 Å². The van der Waals surface area contributed by atoms with Gasteiger partial charge in [-0.3, -0.25) is 4.79 Å². The van der Waals surface area contributed by atoms with E-state index in [0.717, 1.165) is 15.2 Å². The average Bonchev–Trinajstić information content (AvgIpc) is 2.67. The topological polar surface area (TPSA) is 50.2 Å². The second kappa shape index (κ2) is 4.84. The number of carbonyl (C=O) groups is 1. The summed E-state index contributed by atoms with van der Waals surface area (Å²) >= 11 is 1.59. The average molecular weight is 249 g/mol. The number of carboxylic acids is 1. The zero-order valence-corrected chi connectivity index (χ0v) is 10.7. The molecule has 0 fully saturated rings. The normalized spacial score (nSPS) is 13.1. The highest BCUT2D eigenvalue weighted by Crippen LogP contribution is 2.25. The van der Waals surface area contributed by atoms with E-state index >= 15 is 0 Å². The lowest BCUT2D eigenvalue weighted by molar-refractivity contribution is -0.143. The monoisotopic (exact) mass is 249 g/mol. The van der Waals surface area contributed by atoms with Gasteiger partial charge in [-0.1, -0.05) is 26.0 Å². The number of fused-ring (bicyclic) bond motifs is 1. The molecule has 1 aromatic carbocycles. The highest BCUT2D eigenvalue weighted by Gasteiger charge is 2.23. The summed E-state index contributed by atoms with van der Waals surface area (Å²) in [6.45, 7) is 3.87. The van der Waals surface area contributed by atoms with Crippen LogP contribution < -0.4 is 0 Å². The molecule has 1 unspecified atom stereocenters. The van der Waals surface area contributed by atoms with E-state index in [1.54, 1.807) is 11.3 Å². The van der Waals surface area contributed by atoms with Crippen molar-refractivity contribution in [2.75, 3.05) is 0 Å². The third kappa shape index (κ3) is 2.64. The van der Waals surface area contributed by atoms with Gasteiger partial charge in [0.1, 0.15) is 0 Å². The largest absolute Gasteiger partial charge is 0.481 e. The van der Waals surface area contributed by atoms with E-state index < -0.39 is 5.97 Å². The highest BCUT2D eigenvalue weighted by atomic mass is 32.1. The summed E-state index contributed by atoms with van der Waals surface area (Å²) < 4.78 is 1.12. The van der Waals surface area contributed by atoms with Crippen LogP contribution in [0.2, 0.25) is 0 Å². The van der Waals surface area contributed by atoms with Crippen LogP contribution in [-0.4, -0.2) is 16.1 Å². The minimum absolute atomic E-state index is 0.125. The van der Waals surface area contributed by atoms with Gasteiger partial charge < -0.3 is 5.11 Å². The first-order chi connectivity index (χ1) is 8.08. The summed E-state index contributed by atoms with van der Waals surface area (Å²) in [6.07, 6.45) is 0.520. The van der Waals surface area contributed by atoms with E-state index in [0.29, 0.717) is 6.42 Å². The fraction of sp³-hybridized carbons (Fsp3) is 0.385. The Morgan fingerprint density at radius 1 is 1.41 bits per heavy atom. The van der Waals surface area contributed by atoms with Gasteiger partial charge >= 0.3 is 5.97 Å². The molecule has 0 aliphatic carbocycles. The zero-order valence-electron chi connectivity index (χ0n) is 9.88. The lowest BCUT2D eigenvalue weighted by atomic mass is 9.93. The first-order valence-electron chi connectivity index (χ1n) is 5.65. The predicted octanol–water partition coefficient (Wildman–Crippen LogP) is 3.20. The van der Waals surface area contributed by atoms with Crippen molar-refractivity contribution in [3.8, 4) is 0 Å². The molecule has 90 valence electrons. The summed E-state index contributed by atoms with van der Waals surface area (Å²) in [6, 6.07) is 7.90. The van der Waals surface area contributed by atoms with E-state index in [1.165, 1.54) is 0 Å². The van der Waals surface area contributed by atoms with Gasteiger partial charge in [-0.15, -0.1) is 11.3 Å². The summed E-state index contributed by atoms with van der Waals surface area (Å²) in [4.78, 5) is 15.6. The molecule has 0 saturated heterocycles. The van der Waals surface area contributed by atoms with Crippen LogP contribution in [0.15, 0.2) is 24.3 Å². The van der Waals surface area contributed by atoms with Crippen molar-refractivity contribution < 1.29 is 9.90 Å². The molecule has 1 aromatic heterocycles. The number of thiazole rings is 1. The second-order valence-electron chi connectivity index (χ2n) is 4.47. The molecular weight excluding hydrogens is 234 g/mol. The van der Waals surface area contributed by atoms with Gasteiger partial charge in [-0.25, -0.2) is 4.98 Å². The minimum atomic E-state index is -0.737. The van der Waals surface area contributed by atoms with Gasteiger partial charge in [0.15, 0.2) is 0 Å². The smallest absolute Gasteiger partial charge is 0.307 e. The number of aliphatic carboxylic acids is 1. The lowest BCUT2D eigenvalue weighted by Crippen LogP contribution is -2.21. The molecule has 2 rings (SSSR count). The fourth-order valence-corrected chi connectivity index (χ4v) is 2.83. The van der Waals surface area contributed by atoms with Crippen molar-refractivity contribution in [1.82, 2.24) is 4.98 Å². The van der Waals surface area contributed by atoms with Crippen molar-refractivity contribution >= 4 is 27.5 Å². The van der Waals surface area contributed by atoms with E-state index in [4.69, 9.17) is 5.11 Å². The van der Waals surface area contributed by atoms with Gasteiger partial charge in [0.2, 0.25) is 0 Å². The van der Waals surface area contributed by atoms with Crippen LogP contribution in [-0.2, 0) is 11.2 Å². The number of hydrogen-bond donors (Lipinski definition) is 1. The molecule has 0 radical (unpaired) electrons. The molecule has 1 heterocycles. The maximum atomic E-state index is 11.1. The molecule has 1 atom stereocenters. The fourth-order valence-electron chi connectivity index (χ4n) is 1.80. The SMILES string of the molecule is CC(C)C(Cc1nc2ccccc2s1)C(=O)O. The number of benzene rings is 1. The molecule has 17 heavy (non-hydrogen) atoms. The third-order valence-electron chi connectivity index (χ3n) is 2.85. The molecule has 0 bridgehead atoms. The van der Waals surface area contributed by atoms with E-state index in [2.05, 4.69) is 4.98 Å². The third-order valence-corrected chi connectivity index (χ3v) is 3.91. The van der Waals surface area contributed by atoms with Crippen LogP contribution in [0.3, 0.4) is 0 Å². The lowest BCUT2D eigenvalue weighted by Gasteiger charge is -2.13. The first-order valence-corrected chi connectivity index (χ1v) is 6.47. The van der Waals surface area contributed by atoms with Crippen LogP contribution in [0.25, 0.3) is 10.2 Å². The maximum absolute atomic E-state index is 11.1. The molecule has 2 aromatic rings. The van der Waals surface area contributed by atoms with Crippen molar-refractivity contribution in [2.45, 2.75) is 20.3 Å². The molecule has 0 amide bonds. The van der Waals surface area contributed by atoms with Crippen molar-refractivity contribution in [2.24, 2.45) is 11.8 Å². The Morgan fingerprint density at radius 3 is 2.71 bits per heavy atom. The number of nitrogens with zero attached hydrogens (tertiary/aromatic N) is 1. The Balaban J connectivity index is 2.25. The standard InChI is InChI=1S/C13H15NO2S/c1-8(2)9(13(15)16)7-12-14-10-5-3-4-6-11(10)17-12/h3-6,8-9H,7H2,1-2H3,(H,15,16). The Labute approximate surface area is 104 Å². The second-order valence-corrected chi connectivity index (χ2v) is 5.58. The first kappa shape index (κ1) is 12.0. The summed E-state index contributed by atoms with van der Waals surface area (Å²) in [7, 11) is 0. The maximum Gasteiger partial charge on any atom is 0.307 e. The number of para-hydroxylation sites is 1. The zero-order chi connectivity index (χ0) is 12.4. The van der Waals surface area contributed by atoms with Crippen molar-refractivity contribution in [1.29, 1.82) is 0 Å². The predicted molar refractivity (Wildman–Crippen MR) is 69.3 cm³/mol. The Hall–Kier alpha value is -1.42. The van der Waals surface area contributed by atoms with E-state index in [9.17, 15) is 4.79 Å². The van der Waals surface area contributed by atoms with Gasteiger partial charge in [0.25, 0.3) is 0 Å². The molecule has 0 saturated carbocycles. The molecule has 0 spiro atoms. The number of carboxylic acid groups (broad SMARTS) is 1. The molecule has 1 N–H and O–H groups in total. The molecule has 3 nitrogen and oxygen atoms in total.